The molecule has 1 heterocycles. The first-order valence-corrected chi connectivity index (χ1v) is 6.70. The van der Waals surface area contributed by atoms with E-state index in [1.807, 2.05) is 13.8 Å². The molecular weight excluding hydrogens is 273 g/mol. The van der Waals surface area contributed by atoms with Crippen molar-refractivity contribution in [2.24, 2.45) is 0 Å². The van der Waals surface area contributed by atoms with Crippen LogP contribution < -0.4 is 0 Å². The number of carbonyl (C=O) groups is 1. The maximum absolute atomic E-state index is 13.3. The number of ether oxygens (including phenoxy) is 1. The molecule has 0 aliphatic heterocycles. The van der Waals surface area contributed by atoms with E-state index in [9.17, 15) is 9.18 Å². The normalized spacial score (nSPS) is 11.0. The second kappa shape index (κ2) is 6.03. The number of carbonyl (C=O) groups excluding carboxylic acids is 1. The van der Waals surface area contributed by atoms with E-state index in [0.717, 1.165) is 5.56 Å². The van der Waals surface area contributed by atoms with Crippen molar-refractivity contribution in [3.05, 3.63) is 35.4 Å². The summed E-state index contributed by atoms with van der Waals surface area (Å²) in [5.74, 6) is 0.626. The van der Waals surface area contributed by atoms with E-state index in [1.165, 1.54) is 17.9 Å². The molecule has 0 saturated carbocycles. The smallest absolute Gasteiger partial charge is 0.327 e. The number of rotatable bonds is 4. The van der Waals surface area contributed by atoms with Gasteiger partial charge in [0.05, 0.1) is 7.11 Å². The lowest BCUT2D eigenvalue weighted by molar-refractivity contribution is -0.141. The summed E-state index contributed by atoms with van der Waals surface area (Å²) in [7, 11) is 1.33. The van der Waals surface area contributed by atoms with Crippen LogP contribution in [0.15, 0.2) is 18.2 Å². The molecule has 2 rings (SSSR count). The first-order chi connectivity index (χ1) is 9.92. The van der Waals surface area contributed by atoms with Gasteiger partial charge in [0.2, 0.25) is 0 Å². The number of methoxy groups -OCH3 is 1. The summed E-state index contributed by atoms with van der Waals surface area (Å²) in [5.41, 5.74) is 1.25. The Bertz CT molecular complexity index is 665. The Morgan fingerprint density at radius 2 is 2.14 bits per heavy atom. The zero-order chi connectivity index (χ0) is 15.6. The number of esters is 1. The summed E-state index contributed by atoms with van der Waals surface area (Å²) < 4.78 is 19.5. The summed E-state index contributed by atoms with van der Waals surface area (Å²) in [5, 5.41) is 4.34. The highest BCUT2D eigenvalue weighted by Gasteiger charge is 2.17. The van der Waals surface area contributed by atoms with E-state index in [4.69, 9.17) is 0 Å². The van der Waals surface area contributed by atoms with Crippen molar-refractivity contribution in [1.29, 1.82) is 0 Å². The lowest BCUT2D eigenvalue weighted by Crippen LogP contribution is -2.16. The fraction of sp³-hybridized carbons (Fsp3) is 0.400. The number of hydrogen-bond donors (Lipinski definition) is 0. The van der Waals surface area contributed by atoms with Gasteiger partial charge in [-0.3, -0.25) is 4.79 Å². The predicted molar refractivity (Wildman–Crippen MR) is 76.3 cm³/mol. The van der Waals surface area contributed by atoms with Crippen LogP contribution in [0.1, 0.15) is 31.2 Å². The van der Waals surface area contributed by atoms with Crippen LogP contribution in [0.5, 0.6) is 0 Å². The van der Waals surface area contributed by atoms with Crippen molar-refractivity contribution in [2.75, 3.05) is 7.11 Å². The van der Waals surface area contributed by atoms with Gasteiger partial charge >= 0.3 is 5.97 Å². The molecule has 0 bridgehead atoms. The molecule has 0 fully saturated rings. The third-order valence-corrected chi connectivity index (χ3v) is 3.14. The van der Waals surface area contributed by atoms with Crippen LogP contribution >= 0.6 is 0 Å². The average molecular weight is 291 g/mol. The number of aromatic nitrogens is 3. The molecule has 0 saturated heterocycles. The first kappa shape index (κ1) is 15.2. The van der Waals surface area contributed by atoms with Gasteiger partial charge in [0.1, 0.15) is 18.2 Å². The van der Waals surface area contributed by atoms with E-state index in [0.29, 0.717) is 17.2 Å². The molecule has 21 heavy (non-hydrogen) atoms. The largest absolute Gasteiger partial charge is 0.468 e. The van der Waals surface area contributed by atoms with Gasteiger partial charge in [0.15, 0.2) is 5.82 Å². The molecule has 0 unspecified atom stereocenters. The van der Waals surface area contributed by atoms with Gasteiger partial charge in [-0.05, 0) is 30.7 Å². The standard InChI is InChI=1S/C15H18FN3O2/c1-9(2)15-17-14(18-19(15)8-13(20)21-4)11-5-6-12(16)10(3)7-11/h5-7,9H,8H2,1-4H3. The van der Waals surface area contributed by atoms with Crippen molar-refractivity contribution in [2.45, 2.75) is 33.2 Å². The van der Waals surface area contributed by atoms with Crippen molar-refractivity contribution >= 4 is 5.97 Å². The van der Waals surface area contributed by atoms with E-state index in [-0.39, 0.29) is 24.2 Å². The number of nitrogens with zero attached hydrogens (tertiary/aromatic N) is 3. The Morgan fingerprint density at radius 1 is 1.43 bits per heavy atom. The molecule has 0 N–H and O–H groups in total. The zero-order valence-electron chi connectivity index (χ0n) is 12.6. The summed E-state index contributed by atoms with van der Waals surface area (Å²) >= 11 is 0. The highest BCUT2D eigenvalue weighted by Crippen LogP contribution is 2.21. The molecular formula is C15H18FN3O2. The van der Waals surface area contributed by atoms with Crippen LogP contribution in [0.4, 0.5) is 4.39 Å². The van der Waals surface area contributed by atoms with Crippen LogP contribution in [0.25, 0.3) is 11.4 Å². The summed E-state index contributed by atoms with van der Waals surface area (Å²) in [6.45, 7) is 5.64. The monoisotopic (exact) mass is 291 g/mol. The number of halogens is 1. The van der Waals surface area contributed by atoms with Crippen LogP contribution in [0.2, 0.25) is 0 Å². The number of benzene rings is 1. The molecule has 2 aromatic rings. The molecule has 1 aromatic carbocycles. The van der Waals surface area contributed by atoms with Crippen LogP contribution in [-0.4, -0.2) is 27.8 Å². The summed E-state index contributed by atoms with van der Waals surface area (Å²) in [6, 6.07) is 4.71. The third-order valence-electron chi connectivity index (χ3n) is 3.14. The fourth-order valence-corrected chi connectivity index (χ4v) is 1.99. The number of hydrogen-bond acceptors (Lipinski definition) is 4. The van der Waals surface area contributed by atoms with E-state index >= 15 is 0 Å². The molecule has 1 aromatic heterocycles. The molecule has 0 amide bonds. The van der Waals surface area contributed by atoms with Crippen molar-refractivity contribution in [3.63, 3.8) is 0 Å². The highest BCUT2D eigenvalue weighted by atomic mass is 19.1. The lowest BCUT2D eigenvalue weighted by atomic mass is 10.1. The van der Waals surface area contributed by atoms with Crippen LogP contribution in [0, 0.1) is 12.7 Å². The average Bonchev–Trinajstić information content (AvgIpc) is 2.85. The van der Waals surface area contributed by atoms with E-state index in [2.05, 4.69) is 14.8 Å². The predicted octanol–water partition coefficient (Wildman–Crippen LogP) is 2.69. The topological polar surface area (TPSA) is 57.0 Å². The van der Waals surface area contributed by atoms with Gasteiger partial charge in [-0.25, -0.2) is 14.1 Å². The third kappa shape index (κ3) is 3.26. The van der Waals surface area contributed by atoms with Crippen molar-refractivity contribution in [1.82, 2.24) is 14.8 Å². The van der Waals surface area contributed by atoms with Crippen molar-refractivity contribution < 1.29 is 13.9 Å². The molecule has 0 atom stereocenters. The van der Waals surface area contributed by atoms with Crippen LogP contribution in [0.3, 0.4) is 0 Å². The Labute approximate surface area is 122 Å². The van der Waals surface area contributed by atoms with Gasteiger partial charge in [0.25, 0.3) is 0 Å². The maximum atomic E-state index is 13.3. The van der Waals surface area contributed by atoms with Gasteiger partial charge in [-0.1, -0.05) is 13.8 Å². The molecule has 0 radical (unpaired) electrons. The molecule has 0 aliphatic carbocycles. The quantitative estimate of drug-likeness (QED) is 0.813. The Kier molecular flexibility index (Phi) is 4.35. The molecule has 6 heteroatoms. The lowest BCUT2D eigenvalue weighted by Gasteiger charge is -2.06. The molecule has 5 nitrogen and oxygen atoms in total. The minimum Gasteiger partial charge on any atom is -0.468 e. The van der Waals surface area contributed by atoms with Crippen LogP contribution in [-0.2, 0) is 16.1 Å². The number of aryl methyl sites for hydroxylation is 1. The summed E-state index contributed by atoms with van der Waals surface area (Å²) in [4.78, 5) is 15.9. The molecule has 0 aliphatic rings. The van der Waals surface area contributed by atoms with Gasteiger partial charge in [-0.2, -0.15) is 5.10 Å². The van der Waals surface area contributed by atoms with Gasteiger partial charge < -0.3 is 4.74 Å². The Morgan fingerprint density at radius 3 is 2.71 bits per heavy atom. The molecule has 112 valence electrons. The van der Waals surface area contributed by atoms with E-state index < -0.39 is 0 Å². The SMILES string of the molecule is COC(=O)Cn1nc(-c2ccc(F)c(C)c2)nc1C(C)C. The van der Waals surface area contributed by atoms with E-state index in [1.54, 1.807) is 19.1 Å². The first-order valence-electron chi connectivity index (χ1n) is 6.70. The fourth-order valence-electron chi connectivity index (χ4n) is 1.99. The molecule has 0 spiro atoms. The Balaban J connectivity index is 2.43. The van der Waals surface area contributed by atoms with Gasteiger partial charge in [-0.15, -0.1) is 0 Å². The highest BCUT2D eigenvalue weighted by molar-refractivity contribution is 5.69. The maximum Gasteiger partial charge on any atom is 0.327 e. The minimum atomic E-state index is -0.386. The zero-order valence-corrected chi connectivity index (χ0v) is 12.6. The second-order valence-corrected chi connectivity index (χ2v) is 5.15. The second-order valence-electron chi connectivity index (χ2n) is 5.15. The Hall–Kier alpha value is -2.24. The van der Waals surface area contributed by atoms with Gasteiger partial charge in [0, 0.05) is 11.5 Å². The summed E-state index contributed by atoms with van der Waals surface area (Å²) in [6.07, 6.45) is 0. The minimum absolute atomic E-state index is 0.0111. The van der Waals surface area contributed by atoms with Crippen molar-refractivity contribution in [3.8, 4) is 11.4 Å².